The number of halogens is 1. The van der Waals surface area contributed by atoms with Crippen molar-refractivity contribution in [2.75, 3.05) is 12.4 Å². The molecule has 1 N–H and O–H groups in total. The van der Waals surface area contributed by atoms with E-state index >= 15 is 0 Å². The quantitative estimate of drug-likeness (QED) is 0.811. The summed E-state index contributed by atoms with van der Waals surface area (Å²) in [4.78, 5) is 12.0. The van der Waals surface area contributed by atoms with Crippen LogP contribution < -0.4 is 0 Å². The van der Waals surface area contributed by atoms with Crippen LogP contribution in [0.15, 0.2) is 27.6 Å². The first-order valence-electron chi connectivity index (χ1n) is 7.05. The summed E-state index contributed by atoms with van der Waals surface area (Å²) in [6.07, 6.45) is 4.31. The average Bonchev–Trinajstić information content (AvgIpc) is 3.07. The highest BCUT2D eigenvalue weighted by Crippen LogP contribution is 2.40. The number of thioether (sulfide) groups is 1. The van der Waals surface area contributed by atoms with Gasteiger partial charge in [0.1, 0.15) is 0 Å². The highest BCUT2D eigenvalue weighted by Gasteiger charge is 2.43. The van der Waals surface area contributed by atoms with Gasteiger partial charge in [-0.15, -0.1) is 11.8 Å². The number of benzene rings is 1. The van der Waals surface area contributed by atoms with Gasteiger partial charge in [-0.1, -0.05) is 15.9 Å². The predicted octanol–water partition coefficient (Wildman–Crippen LogP) is 3.93. The van der Waals surface area contributed by atoms with Crippen molar-refractivity contribution in [2.24, 2.45) is 0 Å². The first-order valence-corrected chi connectivity index (χ1v) is 8.83. The molecule has 1 aromatic carbocycles. The average molecular weight is 373 g/mol. The second-order valence-corrected chi connectivity index (χ2v) is 7.40. The Bertz CT molecular complexity index is 542. The molecule has 0 aromatic heterocycles. The van der Waals surface area contributed by atoms with Gasteiger partial charge in [0.15, 0.2) is 5.79 Å². The van der Waals surface area contributed by atoms with Crippen LogP contribution in [0.4, 0.5) is 0 Å². The third-order valence-electron chi connectivity index (χ3n) is 3.88. The smallest absolute Gasteiger partial charge is 0.336 e. The van der Waals surface area contributed by atoms with Crippen LogP contribution >= 0.6 is 27.7 Å². The van der Waals surface area contributed by atoms with Crippen molar-refractivity contribution in [3.05, 3.63) is 28.2 Å². The van der Waals surface area contributed by atoms with Crippen molar-refractivity contribution < 1.29 is 19.4 Å². The Labute approximate surface area is 136 Å². The van der Waals surface area contributed by atoms with E-state index in [1.54, 1.807) is 12.1 Å². The van der Waals surface area contributed by atoms with Crippen molar-refractivity contribution in [1.29, 1.82) is 0 Å². The molecule has 1 heterocycles. The zero-order valence-corrected chi connectivity index (χ0v) is 13.9. The molecule has 1 saturated carbocycles. The molecule has 21 heavy (non-hydrogen) atoms. The van der Waals surface area contributed by atoms with Gasteiger partial charge in [-0.05, 0) is 31.0 Å². The molecule has 0 radical (unpaired) electrons. The van der Waals surface area contributed by atoms with Crippen LogP contribution in [0, 0.1) is 0 Å². The maximum atomic E-state index is 11.2. The first-order chi connectivity index (χ1) is 10.1. The zero-order chi connectivity index (χ0) is 14.9. The largest absolute Gasteiger partial charge is 0.478 e. The van der Waals surface area contributed by atoms with Crippen molar-refractivity contribution >= 4 is 33.7 Å². The summed E-state index contributed by atoms with van der Waals surface area (Å²) in [5, 5.41) is 9.23. The maximum Gasteiger partial charge on any atom is 0.336 e. The molecular formula is C15H17BrO4S. The summed E-state index contributed by atoms with van der Waals surface area (Å²) < 4.78 is 12.8. The van der Waals surface area contributed by atoms with Gasteiger partial charge in [-0.25, -0.2) is 4.79 Å². The lowest BCUT2D eigenvalue weighted by molar-refractivity contribution is -0.159. The van der Waals surface area contributed by atoms with Crippen LogP contribution in [0.1, 0.15) is 36.0 Å². The molecular weight excluding hydrogens is 356 g/mol. The van der Waals surface area contributed by atoms with E-state index in [9.17, 15) is 9.90 Å². The van der Waals surface area contributed by atoms with Gasteiger partial charge in [-0.3, -0.25) is 0 Å². The van der Waals surface area contributed by atoms with Gasteiger partial charge in [0.05, 0.1) is 18.3 Å². The van der Waals surface area contributed by atoms with Gasteiger partial charge in [-0.2, -0.15) is 0 Å². The summed E-state index contributed by atoms with van der Waals surface area (Å²) in [5.41, 5.74) is 0.331. The minimum absolute atomic E-state index is 0.0359. The van der Waals surface area contributed by atoms with Gasteiger partial charge in [0.2, 0.25) is 0 Å². The molecule has 4 nitrogen and oxygen atoms in total. The Hall–Kier alpha value is -0.560. The maximum absolute atomic E-state index is 11.2. The van der Waals surface area contributed by atoms with E-state index in [1.807, 2.05) is 6.07 Å². The molecule has 0 bridgehead atoms. The lowest BCUT2D eigenvalue weighted by atomic mass is 10.2. The standard InChI is InChI=1S/C15H17BrO4S/c16-10-3-4-12(14(17)18)13(7-10)21-9-11-8-19-15(20-11)5-1-2-6-15/h3-4,7,11H,1-2,5-6,8-9H2,(H,17,18). The number of carboxylic acids is 1. The third-order valence-corrected chi connectivity index (χ3v) is 5.56. The van der Waals surface area contributed by atoms with E-state index in [-0.39, 0.29) is 11.9 Å². The molecule has 1 unspecified atom stereocenters. The fourth-order valence-electron chi connectivity index (χ4n) is 2.85. The molecule has 1 saturated heterocycles. The number of hydrogen-bond acceptors (Lipinski definition) is 4. The van der Waals surface area contributed by atoms with Gasteiger partial charge >= 0.3 is 5.97 Å². The Kier molecular flexibility index (Phi) is 4.59. The Morgan fingerprint density at radius 3 is 2.90 bits per heavy atom. The summed E-state index contributed by atoms with van der Waals surface area (Å²) in [7, 11) is 0. The fraction of sp³-hybridized carbons (Fsp3) is 0.533. The van der Waals surface area contributed by atoms with Gasteiger partial charge < -0.3 is 14.6 Å². The number of hydrogen-bond donors (Lipinski definition) is 1. The SMILES string of the molecule is O=C(O)c1ccc(Br)cc1SCC1COC2(CCCC2)O1. The van der Waals surface area contributed by atoms with Crippen molar-refractivity contribution in [3.8, 4) is 0 Å². The van der Waals surface area contributed by atoms with Crippen LogP contribution in [0.5, 0.6) is 0 Å². The molecule has 1 aromatic rings. The van der Waals surface area contributed by atoms with Crippen molar-refractivity contribution in [2.45, 2.75) is 42.5 Å². The summed E-state index contributed by atoms with van der Waals surface area (Å²) >= 11 is 4.90. The molecule has 0 amide bonds. The highest BCUT2D eigenvalue weighted by atomic mass is 79.9. The Morgan fingerprint density at radius 2 is 2.19 bits per heavy atom. The van der Waals surface area contributed by atoms with E-state index in [0.29, 0.717) is 17.9 Å². The van der Waals surface area contributed by atoms with Crippen LogP contribution in [-0.4, -0.2) is 35.3 Å². The molecule has 2 fully saturated rings. The third kappa shape index (κ3) is 3.44. The second-order valence-electron chi connectivity index (χ2n) is 5.43. The second kappa shape index (κ2) is 6.28. The van der Waals surface area contributed by atoms with Crippen molar-refractivity contribution in [1.82, 2.24) is 0 Å². The summed E-state index contributed by atoms with van der Waals surface area (Å²) in [6.45, 7) is 0.601. The normalized spacial score (nSPS) is 23.8. The minimum Gasteiger partial charge on any atom is -0.478 e. The molecule has 1 aliphatic heterocycles. The number of rotatable bonds is 4. The minimum atomic E-state index is -0.902. The predicted molar refractivity (Wildman–Crippen MR) is 83.8 cm³/mol. The number of carbonyl (C=O) groups is 1. The molecule has 1 aliphatic carbocycles. The summed E-state index contributed by atoms with van der Waals surface area (Å²) in [6, 6.07) is 5.21. The number of carboxylic acid groups (broad SMARTS) is 1. The van der Waals surface area contributed by atoms with E-state index in [1.165, 1.54) is 11.8 Å². The number of ether oxygens (including phenoxy) is 2. The van der Waals surface area contributed by atoms with E-state index in [4.69, 9.17) is 9.47 Å². The Balaban J connectivity index is 1.63. The summed E-state index contributed by atoms with van der Waals surface area (Å²) in [5.74, 6) is -0.544. The van der Waals surface area contributed by atoms with Crippen LogP contribution in [0.2, 0.25) is 0 Å². The molecule has 3 rings (SSSR count). The highest BCUT2D eigenvalue weighted by molar-refractivity contribution is 9.10. The lowest BCUT2D eigenvalue weighted by Gasteiger charge is -2.21. The Morgan fingerprint density at radius 1 is 1.43 bits per heavy atom. The van der Waals surface area contributed by atoms with Crippen LogP contribution in [-0.2, 0) is 9.47 Å². The molecule has 114 valence electrons. The molecule has 2 aliphatic rings. The topological polar surface area (TPSA) is 55.8 Å². The van der Waals surface area contributed by atoms with Crippen LogP contribution in [0.25, 0.3) is 0 Å². The lowest BCUT2D eigenvalue weighted by Crippen LogP contribution is -2.27. The van der Waals surface area contributed by atoms with E-state index in [0.717, 1.165) is 35.1 Å². The van der Waals surface area contributed by atoms with Crippen LogP contribution in [0.3, 0.4) is 0 Å². The molecule has 1 spiro atoms. The van der Waals surface area contributed by atoms with Gasteiger partial charge in [0, 0.05) is 28.0 Å². The number of aromatic carboxylic acids is 1. The first kappa shape index (κ1) is 15.3. The monoisotopic (exact) mass is 372 g/mol. The van der Waals surface area contributed by atoms with E-state index in [2.05, 4.69) is 15.9 Å². The zero-order valence-electron chi connectivity index (χ0n) is 11.5. The molecule has 1 atom stereocenters. The van der Waals surface area contributed by atoms with Crippen molar-refractivity contribution in [3.63, 3.8) is 0 Å². The molecule has 6 heteroatoms. The van der Waals surface area contributed by atoms with Gasteiger partial charge in [0.25, 0.3) is 0 Å². The van der Waals surface area contributed by atoms with E-state index < -0.39 is 5.97 Å². The fourth-order valence-corrected chi connectivity index (χ4v) is 4.41.